The molecule has 0 bridgehead atoms. The summed E-state index contributed by atoms with van der Waals surface area (Å²) < 4.78 is 24.8. The number of likely N-dealkylation sites (N-methyl/N-ethyl adjacent to an activating group) is 1. The summed E-state index contributed by atoms with van der Waals surface area (Å²) >= 11 is 1.37. The second kappa shape index (κ2) is 10.8. The highest BCUT2D eigenvalue weighted by Crippen LogP contribution is 2.42. The van der Waals surface area contributed by atoms with Crippen LogP contribution < -0.4 is 19.3 Å². The summed E-state index contributed by atoms with van der Waals surface area (Å²) in [5.41, 5.74) is 2.59. The molecule has 3 aromatic carbocycles. The van der Waals surface area contributed by atoms with E-state index >= 15 is 0 Å². The first kappa shape index (κ1) is 25.7. The number of hydrogen-bond donors (Lipinski definition) is 0. The van der Waals surface area contributed by atoms with Crippen molar-refractivity contribution in [2.75, 3.05) is 57.2 Å². The molecule has 2 amide bonds. The first-order valence-corrected chi connectivity index (χ1v) is 13.0. The van der Waals surface area contributed by atoms with Crippen LogP contribution in [0.5, 0.6) is 11.5 Å². The minimum Gasteiger partial charge on any atom is -0.493 e. The standard InChI is InChI=1S/C29H28FN3O4S/c1-31-23-18-20(28(34)33-14-12-32(13-15-33)22-7-5-4-6-21(22)30)9-11-26(23)38-27(29(31)35)17-19-8-10-24(36-2)25(16-19)37-3/h4-11,16-18H,12-15H2,1-3H3. The molecule has 2 aliphatic heterocycles. The second-order valence-corrected chi connectivity index (χ2v) is 10.1. The summed E-state index contributed by atoms with van der Waals surface area (Å²) in [5, 5.41) is 0. The van der Waals surface area contributed by atoms with Crippen LogP contribution in [0.25, 0.3) is 6.08 Å². The molecule has 196 valence electrons. The monoisotopic (exact) mass is 533 g/mol. The Kier molecular flexibility index (Phi) is 7.28. The molecule has 3 aromatic rings. The van der Waals surface area contributed by atoms with E-state index in [9.17, 15) is 14.0 Å². The van der Waals surface area contributed by atoms with Crippen LogP contribution in [-0.4, -0.2) is 64.2 Å². The van der Waals surface area contributed by atoms with E-state index in [1.54, 1.807) is 61.4 Å². The lowest BCUT2D eigenvalue weighted by atomic mass is 10.1. The SMILES string of the molecule is COc1ccc(C=C2Sc3ccc(C(=O)N4CCN(c5ccccc5F)CC4)cc3N(C)C2=O)cc1OC. The zero-order valence-electron chi connectivity index (χ0n) is 21.4. The fraction of sp³-hybridized carbons (Fsp3) is 0.241. The van der Waals surface area contributed by atoms with Crippen molar-refractivity contribution in [2.45, 2.75) is 4.90 Å². The van der Waals surface area contributed by atoms with Gasteiger partial charge in [0.25, 0.3) is 11.8 Å². The number of halogens is 1. The summed E-state index contributed by atoms with van der Waals surface area (Å²) in [6.45, 7) is 2.09. The van der Waals surface area contributed by atoms with Gasteiger partial charge in [-0.05, 0) is 54.1 Å². The van der Waals surface area contributed by atoms with Gasteiger partial charge in [0.2, 0.25) is 0 Å². The first-order chi connectivity index (χ1) is 18.4. The number of benzene rings is 3. The zero-order valence-corrected chi connectivity index (χ0v) is 22.3. The molecule has 38 heavy (non-hydrogen) atoms. The van der Waals surface area contributed by atoms with Crippen molar-refractivity contribution in [1.29, 1.82) is 0 Å². The van der Waals surface area contributed by atoms with E-state index in [1.807, 2.05) is 35.2 Å². The number of fused-ring (bicyclic) bond motifs is 1. The Morgan fingerprint density at radius 3 is 2.37 bits per heavy atom. The van der Waals surface area contributed by atoms with Gasteiger partial charge >= 0.3 is 0 Å². The van der Waals surface area contributed by atoms with Crippen molar-refractivity contribution >= 4 is 41.0 Å². The Bertz CT molecular complexity index is 1420. The minimum atomic E-state index is -0.258. The molecule has 2 aliphatic rings. The van der Waals surface area contributed by atoms with Gasteiger partial charge in [0.15, 0.2) is 11.5 Å². The smallest absolute Gasteiger partial charge is 0.264 e. The van der Waals surface area contributed by atoms with Gasteiger partial charge in [-0.25, -0.2) is 4.39 Å². The van der Waals surface area contributed by atoms with Crippen LogP contribution >= 0.6 is 11.8 Å². The molecule has 0 N–H and O–H groups in total. The lowest BCUT2D eigenvalue weighted by Crippen LogP contribution is -2.49. The fourth-order valence-corrected chi connectivity index (χ4v) is 5.75. The van der Waals surface area contributed by atoms with E-state index in [1.165, 1.54) is 17.8 Å². The van der Waals surface area contributed by atoms with Crippen LogP contribution in [0.2, 0.25) is 0 Å². The number of carbonyl (C=O) groups excluding carboxylic acids is 2. The minimum absolute atomic E-state index is 0.0986. The summed E-state index contributed by atoms with van der Waals surface area (Å²) in [7, 11) is 4.86. The van der Waals surface area contributed by atoms with Crippen LogP contribution in [0.1, 0.15) is 15.9 Å². The second-order valence-electron chi connectivity index (χ2n) is 9.00. The number of amides is 2. The number of nitrogens with zero attached hydrogens (tertiary/aromatic N) is 3. The molecule has 0 aliphatic carbocycles. The van der Waals surface area contributed by atoms with Gasteiger partial charge in [-0.15, -0.1) is 0 Å². The third-order valence-corrected chi connectivity index (χ3v) is 7.85. The Balaban J connectivity index is 1.32. The fourth-order valence-electron chi connectivity index (χ4n) is 4.66. The molecule has 7 nitrogen and oxygen atoms in total. The van der Waals surface area contributed by atoms with E-state index in [-0.39, 0.29) is 17.6 Å². The van der Waals surface area contributed by atoms with Crippen molar-refractivity contribution < 1.29 is 23.5 Å². The van der Waals surface area contributed by atoms with Crippen LogP contribution in [0.4, 0.5) is 15.8 Å². The Morgan fingerprint density at radius 1 is 0.921 bits per heavy atom. The number of hydrogen-bond acceptors (Lipinski definition) is 6. The lowest BCUT2D eigenvalue weighted by molar-refractivity contribution is -0.114. The van der Waals surface area contributed by atoms with Gasteiger partial charge in [0.1, 0.15) is 5.82 Å². The van der Waals surface area contributed by atoms with Crippen molar-refractivity contribution in [1.82, 2.24) is 4.90 Å². The summed E-state index contributed by atoms with van der Waals surface area (Å²) in [5.74, 6) is 0.693. The van der Waals surface area contributed by atoms with Crippen LogP contribution in [0, 0.1) is 5.82 Å². The van der Waals surface area contributed by atoms with E-state index in [4.69, 9.17) is 9.47 Å². The topological polar surface area (TPSA) is 62.3 Å². The maximum absolute atomic E-state index is 14.2. The zero-order chi connectivity index (χ0) is 26.8. The number of methoxy groups -OCH3 is 2. The predicted molar refractivity (Wildman–Crippen MR) is 148 cm³/mol. The molecule has 0 atom stereocenters. The third-order valence-electron chi connectivity index (χ3n) is 6.77. The molecular formula is C29H28FN3O4S. The molecule has 0 unspecified atom stereocenters. The number of para-hydroxylation sites is 1. The van der Waals surface area contributed by atoms with Gasteiger partial charge in [-0.1, -0.05) is 30.0 Å². The quantitative estimate of drug-likeness (QED) is 0.434. The van der Waals surface area contributed by atoms with Gasteiger partial charge < -0.3 is 24.2 Å². The highest BCUT2D eigenvalue weighted by atomic mass is 32.2. The average Bonchev–Trinajstić information content (AvgIpc) is 2.95. The van der Waals surface area contributed by atoms with Crippen molar-refractivity contribution in [2.24, 2.45) is 0 Å². The first-order valence-electron chi connectivity index (χ1n) is 12.2. The molecule has 1 fully saturated rings. The normalized spacial score (nSPS) is 16.5. The maximum Gasteiger partial charge on any atom is 0.264 e. The Hall–Kier alpha value is -3.98. The Morgan fingerprint density at radius 2 is 1.66 bits per heavy atom. The van der Waals surface area contributed by atoms with E-state index in [0.717, 1.165) is 10.5 Å². The van der Waals surface area contributed by atoms with Gasteiger partial charge in [-0.2, -0.15) is 0 Å². The number of anilines is 2. The number of ether oxygens (including phenoxy) is 2. The molecule has 0 radical (unpaired) electrons. The number of rotatable bonds is 5. The van der Waals surface area contributed by atoms with Crippen molar-refractivity contribution in [3.05, 3.63) is 82.5 Å². The number of thioether (sulfide) groups is 1. The molecule has 9 heteroatoms. The highest BCUT2D eigenvalue weighted by Gasteiger charge is 2.29. The number of piperazine rings is 1. The van der Waals surface area contributed by atoms with Gasteiger partial charge in [0, 0.05) is 43.7 Å². The largest absolute Gasteiger partial charge is 0.493 e. The van der Waals surface area contributed by atoms with E-state index < -0.39 is 0 Å². The molecule has 1 saturated heterocycles. The lowest BCUT2D eigenvalue weighted by Gasteiger charge is -2.36. The number of carbonyl (C=O) groups is 2. The van der Waals surface area contributed by atoms with Crippen molar-refractivity contribution in [3.8, 4) is 11.5 Å². The summed E-state index contributed by atoms with van der Waals surface area (Å²) in [6, 6.07) is 17.6. The third kappa shape index (κ3) is 4.93. The van der Waals surface area contributed by atoms with Crippen LogP contribution in [0.3, 0.4) is 0 Å². The summed E-state index contributed by atoms with van der Waals surface area (Å²) in [6.07, 6.45) is 1.82. The maximum atomic E-state index is 14.2. The van der Waals surface area contributed by atoms with Crippen LogP contribution in [0.15, 0.2) is 70.5 Å². The molecule has 5 rings (SSSR count). The van der Waals surface area contributed by atoms with E-state index in [2.05, 4.69) is 0 Å². The molecule has 0 spiro atoms. The molecule has 2 heterocycles. The molecular weight excluding hydrogens is 505 g/mol. The van der Waals surface area contributed by atoms with E-state index in [0.29, 0.717) is 59.5 Å². The Labute approximate surface area is 225 Å². The van der Waals surface area contributed by atoms with Crippen molar-refractivity contribution in [3.63, 3.8) is 0 Å². The van der Waals surface area contributed by atoms with Crippen LogP contribution in [-0.2, 0) is 4.79 Å². The van der Waals surface area contributed by atoms with Gasteiger partial charge in [0.05, 0.1) is 30.5 Å². The predicted octanol–water partition coefficient (Wildman–Crippen LogP) is 4.91. The average molecular weight is 534 g/mol. The van der Waals surface area contributed by atoms with Gasteiger partial charge in [-0.3, -0.25) is 9.59 Å². The molecule has 0 saturated carbocycles. The molecule has 0 aromatic heterocycles. The summed E-state index contributed by atoms with van der Waals surface area (Å²) in [4.78, 5) is 33.3. The highest BCUT2D eigenvalue weighted by molar-refractivity contribution is 8.04.